The van der Waals surface area contributed by atoms with Crippen molar-refractivity contribution in [2.24, 2.45) is 5.92 Å². The number of hydrogen-bond acceptors (Lipinski definition) is 7. The second-order valence-corrected chi connectivity index (χ2v) is 8.84. The summed E-state index contributed by atoms with van der Waals surface area (Å²) in [5.41, 5.74) is 2.92. The van der Waals surface area contributed by atoms with Gasteiger partial charge in [0.15, 0.2) is 5.82 Å². The lowest BCUT2D eigenvalue weighted by atomic mass is 9.95. The number of nitrogens with one attached hydrogen (secondary N) is 2. The third-order valence-electron chi connectivity index (χ3n) is 5.64. The van der Waals surface area contributed by atoms with Crippen LogP contribution in [0, 0.1) is 5.92 Å². The smallest absolute Gasteiger partial charge is 0.303 e. The summed E-state index contributed by atoms with van der Waals surface area (Å²) in [6.07, 6.45) is 2.03. The number of benzene rings is 1. The molecular weight excluding hydrogens is 410 g/mol. The molecule has 1 fully saturated rings. The highest BCUT2D eigenvalue weighted by Crippen LogP contribution is 2.35. The molecule has 9 nitrogen and oxygen atoms in total. The van der Waals surface area contributed by atoms with Gasteiger partial charge in [-0.1, -0.05) is 26.8 Å². The predicted molar refractivity (Wildman–Crippen MR) is 124 cm³/mol. The summed E-state index contributed by atoms with van der Waals surface area (Å²) < 4.78 is 10.7. The quantitative estimate of drug-likeness (QED) is 0.477. The van der Waals surface area contributed by atoms with E-state index in [1.165, 1.54) is 0 Å². The molecular formula is C23H35N5O4. The Morgan fingerprint density at radius 2 is 2.06 bits per heavy atom. The number of methoxy groups -OCH3 is 1. The fourth-order valence-electron chi connectivity index (χ4n) is 4.11. The van der Waals surface area contributed by atoms with Gasteiger partial charge in [-0.15, -0.1) is 10.2 Å². The van der Waals surface area contributed by atoms with Crippen LogP contribution >= 0.6 is 0 Å². The number of H-pyrrole nitrogens is 1. The number of carboxylic acid groups (broad SMARTS) is 1. The number of hydrogen-bond donors (Lipinski definition) is 3. The number of carboxylic acids is 1. The highest BCUT2D eigenvalue weighted by atomic mass is 16.5. The topological polar surface area (TPSA) is 113 Å². The van der Waals surface area contributed by atoms with Crippen molar-refractivity contribution in [3.8, 4) is 0 Å². The molecule has 1 aromatic heterocycles. The van der Waals surface area contributed by atoms with Crippen LogP contribution in [0.4, 0.5) is 17.3 Å². The van der Waals surface area contributed by atoms with E-state index in [-0.39, 0.29) is 12.3 Å². The maximum Gasteiger partial charge on any atom is 0.303 e. The number of anilines is 3. The van der Waals surface area contributed by atoms with Crippen molar-refractivity contribution >= 4 is 23.3 Å². The van der Waals surface area contributed by atoms with E-state index in [0.717, 1.165) is 49.5 Å². The third-order valence-corrected chi connectivity index (χ3v) is 5.64. The molecule has 32 heavy (non-hydrogen) atoms. The first-order chi connectivity index (χ1) is 15.4. The molecule has 3 rings (SSSR count). The van der Waals surface area contributed by atoms with Crippen molar-refractivity contribution in [2.75, 3.05) is 37.1 Å². The van der Waals surface area contributed by atoms with Gasteiger partial charge in [-0.2, -0.15) is 0 Å². The molecule has 0 bridgehead atoms. The van der Waals surface area contributed by atoms with Crippen LogP contribution in [-0.4, -0.2) is 59.2 Å². The molecule has 0 radical (unpaired) electrons. The molecule has 1 aromatic carbocycles. The van der Waals surface area contributed by atoms with Gasteiger partial charge in [-0.25, -0.2) is 0 Å². The lowest BCUT2D eigenvalue weighted by Crippen LogP contribution is -2.42. The van der Waals surface area contributed by atoms with Crippen molar-refractivity contribution in [3.05, 3.63) is 29.6 Å². The van der Waals surface area contributed by atoms with Crippen LogP contribution in [0.15, 0.2) is 18.2 Å². The summed E-state index contributed by atoms with van der Waals surface area (Å²) >= 11 is 0. The number of carbonyl (C=O) groups is 1. The number of aliphatic carboxylic acids is 1. The van der Waals surface area contributed by atoms with Crippen LogP contribution in [0.5, 0.6) is 0 Å². The molecule has 176 valence electrons. The second kappa shape index (κ2) is 11.3. The first kappa shape index (κ1) is 24.0. The number of ether oxygens (including phenoxy) is 2. The molecule has 1 aliphatic rings. The lowest BCUT2D eigenvalue weighted by Gasteiger charge is -2.38. The van der Waals surface area contributed by atoms with Crippen molar-refractivity contribution in [2.45, 2.75) is 58.6 Å². The van der Waals surface area contributed by atoms with Crippen molar-refractivity contribution in [1.82, 2.24) is 15.2 Å². The zero-order valence-electron chi connectivity index (χ0n) is 19.4. The van der Waals surface area contributed by atoms with E-state index in [0.29, 0.717) is 30.3 Å². The van der Waals surface area contributed by atoms with Crippen molar-refractivity contribution in [3.63, 3.8) is 0 Å². The summed E-state index contributed by atoms with van der Waals surface area (Å²) in [5.74, 6) is 0.727. The molecule has 1 aliphatic heterocycles. The Bertz CT molecular complexity index is 879. The Morgan fingerprint density at radius 3 is 2.72 bits per heavy atom. The number of nitrogens with zero attached hydrogens (tertiary/aromatic N) is 3. The molecule has 0 spiro atoms. The summed E-state index contributed by atoms with van der Waals surface area (Å²) in [6, 6.07) is 6.55. The van der Waals surface area contributed by atoms with Gasteiger partial charge in [0.2, 0.25) is 5.95 Å². The van der Waals surface area contributed by atoms with Crippen LogP contribution in [-0.2, 0) is 20.9 Å². The van der Waals surface area contributed by atoms with E-state index < -0.39 is 5.97 Å². The Balaban J connectivity index is 1.98. The van der Waals surface area contributed by atoms with Crippen LogP contribution in [0.2, 0.25) is 0 Å². The predicted octanol–water partition coefficient (Wildman–Crippen LogP) is 3.91. The fraction of sp³-hybridized carbons (Fsp3) is 0.609. The average molecular weight is 446 g/mol. The van der Waals surface area contributed by atoms with Gasteiger partial charge >= 0.3 is 5.97 Å². The van der Waals surface area contributed by atoms with Gasteiger partial charge in [0.1, 0.15) is 6.61 Å². The van der Waals surface area contributed by atoms with Crippen LogP contribution < -0.4 is 10.2 Å². The molecule has 0 saturated carbocycles. The Morgan fingerprint density at radius 1 is 1.31 bits per heavy atom. The Labute approximate surface area is 189 Å². The summed E-state index contributed by atoms with van der Waals surface area (Å²) in [5, 5.41) is 20.9. The van der Waals surface area contributed by atoms with Crippen LogP contribution in [0.3, 0.4) is 0 Å². The number of aromatic amines is 1. The van der Waals surface area contributed by atoms with Crippen molar-refractivity contribution < 1.29 is 19.4 Å². The van der Waals surface area contributed by atoms with Gasteiger partial charge in [0.05, 0.1) is 17.8 Å². The summed E-state index contributed by atoms with van der Waals surface area (Å²) in [6.45, 7) is 9.15. The number of aromatic nitrogens is 3. The minimum absolute atomic E-state index is 0.0781. The zero-order chi connectivity index (χ0) is 23.1. The van der Waals surface area contributed by atoms with E-state index in [2.05, 4.69) is 45.3 Å². The molecule has 1 saturated heterocycles. The van der Waals surface area contributed by atoms with E-state index >= 15 is 0 Å². The molecule has 0 unspecified atom stereocenters. The minimum atomic E-state index is -0.806. The number of rotatable bonds is 11. The van der Waals surface area contributed by atoms with Gasteiger partial charge in [-0.05, 0) is 42.4 Å². The van der Waals surface area contributed by atoms with Crippen LogP contribution in [0.1, 0.15) is 57.3 Å². The first-order valence-corrected chi connectivity index (χ1v) is 11.2. The maximum absolute atomic E-state index is 11.3. The fourth-order valence-corrected chi connectivity index (χ4v) is 4.11. The molecule has 9 heteroatoms. The van der Waals surface area contributed by atoms with Gasteiger partial charge in [0.25, 0.3) is 0 Å². The Hall–Kier alpha value is -2.65. The largest absolute Gasteiger partial charge is 0.481 e. The standard InChI is InChI=1S/C23H35N5O4/c1-15(2)13-28(18-7-9-32-10-8-18)20-6-5-17(16(3)11-22(29)30)12-19(20)24-23-25-21(14-31-4)26-27-23/h5-6,12,15-16,18H,7-11,13-14H2,1-4H3,(H,29,30)(H2,24,25,26,27)/t16-/m1/s1. The molecule has 2 aromatic rings. The Kier molecular flexibility index (Phi) is 8.46. The van der Waals surface area contributed by atoms with Gasteiger partial charge in [0, 0.05) is 32.9 Å². The zero-order valence-corrected chi connectivity index (χ0v) is 19.4. The van der Waals surface area contributed by atoms with Crippen LogP contribution in [0.25, 0.3) is 0 Å². The molecule has 1 atom stereocenters. The van der Waals surface area contributed by atoms with E-state index in [9.17, 15) is 9.90 Å². The molecule has 3 N–H and O–H groups in total. The van der Waals surface area contributed by atoms with Crippen molar-refractivity contribution in [1.29, 1.82) is 0 Å². The summed E-state index contributed by atoms with van der Waals surface area (Å²) in [4.78, 5) is 16.8. The SMILES string of the molecule is COCc1nnc(Nc2cc([C@H](C)CC(=O)O)ccc2N(CC(C)C)C2CCOCC2)[nH]1. The van der Waals surface area contributed by atoms with E-state index in [4.69, 9.17) is 9.47 Å². The summed E-state index contributed by atoms with van der Waals surface area (Å²) in [7, 11) is 1.61. The minimum Gasteiger partial charge on any atom is -0.481 e. The van der Waals surface area contributed by atoms with E-state index in [1.54, 1.807) is 7.11 Å². The maximum atomic E-state index is 11.3. The molecule has 0 aliphatic carbocycles. The first-order valence-electron chi connectivity index (χ1n) is 11.2. The molecule has 0 amide bonds. The van der Waals surface area contributed by atoms with Gasteiger partial charge < -0.3 is 29.8 Å². The highest BCUT2D eigenvalue weighted by molar-refractivity contribution is 5.75. The van der Waals surface area contributed by atoms with Gasteiger partial charge in [-0.3, -0.25) is 4.79 Å². The monoisotopic (exact) mass is 445 g/mol. The average Bonchev–Trinajstić information content (AvgIpc) is 3.19. The normalized spacial score (nSPS) is 15.7. The highest BCUT2D eigenvalue weighted by Gasteiger charge is 2.25. The van der Waals surface area contributed by atoms with E-state index in [1.807, 2.05) is 19.1 Å². The molecule has 2 heterocycles. The third kappa shape index (κ3) is 6.43. The lowest BCUT2D eigenvalue weighted by molar-refractivity contribution is -0.137. The second-order valence-electron chi connectivity index (χ2n) is 8.84.